The van der Waals surface area contributed by atoms with Gasteiger partial charge in [0, 0.05) is 55.2 Å². The molecule has 31 heavy (non-hydrogen) atoms. The second-order valence-corrected chi connectivity index (χ2v) is 9.42. The maximum atomic E-state index is 10.1. The molecular weight excluding hydrogens is 388 g/mol. The first-order chi connectivity index (χ1) is 15.2. The van der Waals surface area contributed by atoms with Gasteiger partial charge in [0.2, 0.25) is 0 Å². The molecule has 1 spiro atoms. The monoisotopic (exact) mass is 416 g/mol. The molecule has 2 saturated heterocycles. The van der Waals surface area contributed by atoms with Crippen molar-refractivity contribution in [2.45, 2.75) is 44.2 Å². The zero-order valence-corrected chi connectivity index (χ0v) is 17.7. The number of aromatic nitrogens is 4. The Hall–Kier alpha value is -2.64. The minimum atomic E-state index is -0.108. The van der Waals surface area contributed by atoms with Gasteiger partial charge in [0.1, 0.15) is 5.82 Å². The molecule has 0 aromatic carbocycles. The van der Waals surface area contributed by atoms with Crippen LogP contribution in [-0.2, 0) is 0 Å². The van der Waals surface area contributed by atoms with E-state index in [2.05, 4.69) is 19.8 Å². The summed E-state index contributed by atoms with van der Waals surface area (Å²) in [4.78, 5) is 23.2. The summed E-state index contributed by atoms with van der Waals surface area (Å²) in [5.41, 5.74) is 2.25. The van der Waals surface area contributed by atoms with E-state index in [0.29, 0.717) is 11.5 Å². The predicted octanol–water partition coefficient (Wildman–Crippen LogP) is 2.90. The van der Waals surface area contributed by atoms with Crippen molar-refractivity contribution in [3.8, 4) is 11.4 Å². The molecule has 2 atom stereocenters. The first kappa shape index (κ1) is 19.1. The summed E-state index contributed by atoms with van der Waals surface area (Å²) in [5.74, 6) is 1.74. The van der Waals surface area contributed by atoms with Crippen LogP contribution in [0.1, 0.15) is 32.1 Å². The minimum Gasteiger partial charge on any atom is -0.391 e. The number of pyridine rings is 2. The van der Waals surface area contributed by atoms with Gasteiger partial charge in [-0.15, -0.1) is 0 Å². The van der Waals surface area contributed by atoms with Gasteiger partial charge in [0.15, 0.2) is 5.82 Å². The number of anilines is 1. The molecule has 7 heteroatoms. The molecule has 1 unspecified atom stereocenters. The van der Waals surface area contributed by atoms with Crippen LogP contribution < -0.4 is 4.90 Å². The number of aliphatic hydroxyl groups is 1. The number of hydrogen-bond donors (Lipinski definition) is 1. The highest BCUT2D eigenvalue weighted by atomic mass is 16.3. The van der Waals surface area contributed by atoms with Crippen LogP contribution in [0.4, 0.5) is 5.82 Å². The van der Waals surface area contributed by atoms with E-state index in [1.807, 2.05) is 30.6 Å². The minimum absolute atomic E-state index is 0.108. The van der Waals surface area contributed by atoms with Gasteiger partial charge in [-0.05, 0) is 62.3 Å². The van der Waals surface area contributed by atoms with E-state index < -0.39 is 0 Å². The summed E-state index contributed by atoms with van der Waals surface area (Å²) in [6.45, 7) is 4.28. The standard InChI is InChI=1S/C24H28N6O/c31-21-2-1-20(21)30-14-8-24(16-30)6-12-29(13-7-24)23-18-5-11-26-15-19(18)27-22(28-23)17-3-9-25-10-4-17/h3-5,9-11,15,20-21,31H,1-2,6-8,12-14,16H2/t20?,21-/m1/s1. The number of aliphatic hydroxyl groups excluding tert-OH is 1. The second kappa shape index (κ2) is 7.50. The maximum Gasteiger partial charge on any atom is 0.162 e. The summed E-state index contributed by atoms with van der Waals surface area (Å²) >= 11 is 0. The van der Waals surface area contributed by atoms with Gasteiger partial charge in [-0.1, -0.05) is 0 Å². The van der Waals surface area contributed by atoms with E-state index in [4.69, 9.17) is 9.97 Å². The van der Waals surface area contributed by atoms with Crippen LogP contribution in [0.25, 0.3) is 22.3 Å². The van der Waals surface area contributed by atoms with Gasteiger partial charge < -0.3 is 10.0 Å². The third-order valence-corrected chi connectivity index (χ3v) is 7.68. The molecule has 6 rings (SSSR count). The predicted molar refractivity (Wildman–Crippen MR) is 120 cm³/mol. The molecule has 3 aromatic heterocycles. The summed E-state index contributed by atoms with van der Waals surface area (Å²) in [5, 5.41) is 11.2. The first-order valence-electron chi connectivity index (χ1n) is 11.4. The Bertz CT molecular complexity index is 1080. The lowest BCUT2D eigenvalue weighted by Gasteiger charge is -2.43. The van der Waals surface area contributed by atoms with Gasteiger partial charge in [-0.2, -0.15) is 0 Å². The first-order valence-corrected chi connectivity index (χ1v) is 11.4. The van der Waals surface area contributed by atoms with Crippen molar-refractivity contribution in [1.29, 1.82) is 0 Å². The number of hydrogen-bond acceptors (Lipinski definition) is 7. The van der Waals surface area contributed by atoms with E-state index in [9.17, 15) is 5.11 Å². The van der Waals surface area contributed by atoms with Crippen LogP contribution >= 0.6 is 0 Å². The molecule has 3 aliphatic rings. The van der Waals surface area contributed by atoms with Crippen LogP contribution in [0, 0.1) is 5.41 Å². The van der Waals surface area contributed by atoms with Crippen molar-refractivity contribution in [2.75, 3.05) is 31.1 Å². The zero-order chi connectivity index (χ0) is 20.8. The summed E-state index contributed by atoms with van der Waals surface area (Å²) in [6.07, 6.45) is 12.8. The number of likely N-dealkylation sites (tertiary alicyclic amines) is 1. The number of fused-ring (bicyclic) bond motifs is 1. The van der Waals surface area contributed by atoms with E-state index >= 15 is 0 Å². The SMILES string of the molecule is O[C@@H]1CCC1N1CCC2(CCN(c3nc(-c4ccncc4)nc4cnccc34)CC2)C1. The van der Waals surface area contributed by atoms with Gasteiger partial charge in [0.05, 0.1) is 17.8 Å². The molecule has 7 nitrogen and oxygen atoms in total. The maximum absolute atomic E-state index is 10.1. The average molecular weight is 417 g/mol. The van der Waals surface area contributed by atoms with Crippen molar-refractivity contribution in [1.82, 2.24) is 24.8 Å². The number of piperidine rings is 1. The Labute approximate surface area is 182 Å². The molecule has 0 bridgehead atoms. The molecule has 5 heterocycles. The van der Waals surface area contributed by atoms with Crippen LogP contribution in [0.3, 0.4) is 0 Å². The molecule has 0 amide bonds. The zero-order valence-electron chi connectivity index (χ0n) is 17.7. The van der Waals surface area contributed by atoms with Crippen LogP contribution in [-0.4, -0.2) is 68.3 Å². The van der Waals surface area contributed by atoms with Crippen molar-refractivity contribution in [2.24, 2.45) is 5.41 Å². The Balaban J connectivity index is 1.26. The van der Waals surface area contributed by atoms with E-state index in [0.717, 1.165) is 67.1 Å². The Kier molecular flexibility index (Phi) is 4.61. The summed E-state index contributed by atoms with van der Waals surface area (Å²) in [6, 6.07) is 6.34. The molecule has 3 aromatic rings. The average Bonchev–Trinajstić information content (AvgIpc) is 3.21. The molecule has 0 radical (unpaired) electrons. The van der Waals surface area contributed by atoms with Crippen molar-refractivity contribution in [3.63, 3.8) is 0 Å². The van der Waals surface area contributed by atoms with Crippen LogP contribution in [0.2, 0.25) is 0 Å². The number of rotatable bonds is 3. The highest BCUT2D eigenvalue weighted by molar-refractivity contribution is 5.90. The third-order valence-electron chi connectivity index (χ3n) is 7.68. The molecule has 3 fully saturated rings. The fraction of sp³-hybridized carbons (Fsp3) is 0.500. The third kappa shape index (κ3) is 3.36. The summed E-state index contributed by atoms with van der Waals surface area (Å²) < 4.78 is 0. The Morgan fingerprint density at radius 1 is 0.903 bits per heavy atom. The smallest absolute Gasteiger partial charge is 0.162 e. The molecule has 1 aliphatic carbocycles. The van der Waals surface area contributed by atoms with Crippen molar-refractivity contribution < 1.29 is 5.11 Å². The van der Waals surface area contributed by atoms with E-state index in [1.54, 1.807) is 12.4 Å². The fourth-order valence-electron chi connectivity index (χ4n) is 5.58. The van der Waals surface area contributed by atoms with Gasteiger partial charge in [-0.25, -0.2) is 9.97 Å². The molecule has 2 aliphatic heterocycles. The van der Waals surface area contributed by atoms with E-state index in [1.165, 1.54) is 19.3 Å². The molecular formula is C24H28N6O. The molecule has 160 valence electrons. The normalized spacial score (nSPS) is 25.8. The quantitative estimate of drug-likeness (QED) is 0.703. The molecule has 1 N–H and O–H groups in total. The largest absolute Gasteiger partial charge is 0.391 e. The highest BCUT2D eigenvalue weighted by Gasteiger charge is 2.45. The molecule has 1 saturated carbocycles. The van der Waals surface area contributed by atoms with Gasteiger partial charge >= 0.3 is 0 Å². The van der Waals surface area contributed by atoms with Crippen LogP contribution in [0.15, 0.2) is 43.0 Å². The Morgan fingerprint density at radius 3 is 2.42 bits per heavy atom. The van der Waals surface area contributed by atoms with Crippen LogP contribution in [0.5, 0.6) is 0 Å². The highest BCUT2D eigenvalue weighted by Crippen LogP contribution is 2.44. The fourth-order valence-corrected chi connectivity index (χ4v) is 5.58. The van der Waals surface area contributed by atoms with Crippen molar-refractivity contribution >= 4 is 16.7 Å². The summed E-state index contributed by atoms with van der Waals surface area (Å²) in [7, 11) is 0. The number of nitrogens with zero attached hydrogens (tertiary/aromatic N) is 6. The van der Waals surface area contributed by atoms with Gasteiger partial charge in [0.25, 0.3) is 0 Å². The second-order valence-electron chi connectivity index (χ2n) is 9.42. The van der Waals surface area contributed by atoms with Gasteiger partial charge in [-0.3, -0.25) is 14.9 Å². The topological polar surface area (TPSA) is 78.3 Å². The van der Waals surface area contributed by atoms with Crippen molar-refractivity contribution in [3.05, 3.63) is 43.0 Å². The lowest BCUT2D eigenvalue weighted by atomic mass is 9.77. The Morgan fingerprint density at radius 2 is 1.68 bits per heavy atom. The van der Waals surface area contributed by atoms with E-state index in [-0.39, 0.29) is 6.10 Å². The lowest BCUT2D eigenvalue weighted by molar-refractivity contribution is -0.0164. The lowest BCUT2D eigenvalue weighted by Crippen LogP contribution is -2.51.